The minimum absolute atomic E-state index is 0.0754. The van der Waals surface area contributed by atoms with Crippen LogP contribution in [0.3, 0.4) is 0 Å². The van der Waals surface area contributed by atoms with E-state index < -0.39 is 0 Å². The van der Waals surface area contributed by atoms with Crippen LogP contribution in [0.15, 0.2) is 54.6 Å². The number of fused-ring (bicyclic) bond motifs is 1. The molecule has 4 rings (SSSR count). The predicted octanol–water partition coefficient (Wildman–Crippen LogP) is 6.61. The molecular weight excluding hydrogens is 400 g/mol. The summed E-state index contributed by atoms with van der Waals surface area (Å²) >= 11 is 1.59. The number of amides is 1. The number of aryl methyl sites for hydroxylation is 5. The first-order valence-corrected chi connectivity index (χ1v) is 11.4. The maximum absolute atomic E-state index is 13.6. The minimum atomic E-state index is 0.0754. The van der Waals surface area contributed by atoms with Gasteiger partial charge in [0.2, 0.25) is 5.91 Å². The van der Waals surface area contributed by atoms with Crippen molar-refractivity contribution >= 4 is 32.6 Å². The van der Waals surface area contributed by atoms with Gasteiger partial charge in [0.15, 0.2) is 5.13 Å². The van der Waals surface area contributed by atoms with Crippen molar-refractivity contribution in [2.45, 2.75) is 47.6 Å². The van der Waals surface area contributed by atoms with Gasteiger partial charge in [0.1, 0.15) is 0 Å². The van der Waals surface area contributed by atoms with Crippen LogP contribution in [0, 0.1) is 34.6 Å². The zero-order valence-electron chi connectivity index (χ0n) is 18.8. The molecule has 0 aliphatic carbocycles. The molecule has 0 spiro atoms. The summed E-state index contributed by atoms with van der Waals surface area (Å²) in [6.07, 6.45) is 0.374. The molecule has 4 aromatic rings. The number of rotatable bonds is 5. The maximum Gasteiger partial charge on any atom is 0.233 e. The van der Waals surface area contributed by atoms with Gasteiger partial charge in [0.05, 0.1) is 23.2 Å². The van der Waals surface area contributed by atoms with E-state index in [1.807, 2.05) is 23.1 Å². The molecule has 1 heterocycles. The van der Waals surface area contributed by atoms with Gasteiger partial charge in [0.25, 0.3) is 0 Å². The average Bonchev–Trinajstić information content (AvgIpc) is 3.12. The van der Waals surface area contributed by atoms with Crippen LogP contribution in [-0.4, -0.2) is 10.9 Å². The Hall–Kier alpha value is -2.98. The van der Waals surface area contributed by atoms with Crippen LogP contribution in [-0.2, 0) is 17.8 Å². The second-order valence-electron chi connectivity index (χ2n) is 8.42. The van der Waals surface area contributed by atoms with Crippen molar-refractivity contribution in [3.8, 4) is 0 Å². The molecular formula is C27H28N2OS. The highest BCUT2D eigenvalue weighted by Gasteiger charge is 2.22. The molecule has 3 nitrogen and oxygen atoms in total. The zero-order chi connectivity index (χ0) is 22.1. The van der Waals surface area contributed by atoms with Crippen molar-refractivity contribution in [3.05, 3.63) is 93.5 Å². The second kappa shape index (κ2) is 8.64. The number of anilines is 1. The lowest BCUT2D eigenvalue weighted by Crippen LogP contribution is -2.32. The second-order valence-corrected chi connectivity index (χ2v) is 9.43. The third-order valence-corrected chi connectivity index (χ3v) is 6.92. The Morgan fingerprint density at radius 2 is 1.52 bits per heavy atom. The molecule has 4 heteroatoms. The van der Waals surface area contributed by atoms with E-state index in [4.69, 9.17) is 4.98 Å². The summed E-state index contributed by atoms with van der Waals surface area (Å²) in [5, 5.41) is 0.760. The number of nitrogens with zero attached hydrogens (tertiary/aromatic N) is 2. The van der Waals surface area contributed by atoms with Crippen LogP contribution in [0.25, 0.3) is 10.2 Å². The molecule has 31 heavy (non-hydrogen) atoms. The van der Waals surface area contributed by atoms with Crippen LogP contribution in [0.5, 0.6) is 0 Å². The SMILES string of the molecule is Cc1cc(C)c(CC(=O)N(Cc2ccccc2)c2nc3cc(C)c(C)cc3s2)c(C)c1. The van der Waals surface area contributed by atoms with Crippen LogP contribution >= 0.6 is 11.3 Å². The molecule has 0 saturated heterocycles. The van der Waals surface area contributed by atoms with Gasteiger partial charge in [-0.2, -0.15) is 0 Å². The molecule has 0 fully saturated rings. The highest BCUT2D eigenvalue weighted by Crippen LogP contribution is 2.32. The van der Waals surface area contributed by atoms with E-state index in [-0.39, 0.29) is 5.91 Å². The minimum Gasteiger partial charge on any atom is -0.283 e. The van der Waals surface area contributed by atoms with Crippen LogP contribution in [0.1, 0.15) is 38.9 Å². The van der Waals surface area contributed by atoms with Gasteiger partial charge in [-0.1, -0.05) is 59.4 Å². The monoisotopic (exact) mass is 428 g/mol. The molecule has 0 radical (unpaired) electrons. The molecule has 0 atom stereocenters. The van der Waals surface area contributed by atoms with Gasteiger partial charge in [-0.25, -0.2) is 4.98 Å². The highest BCUT2D eigenvalue weighted by molar-refractivity contribution is 7.22. The van der Waals surface area contributed by atoms with E-state index in [9.17, 15) is 4.79 Å². The summed E-state index contributed by atoms with van der Waals surface area (Å²) in [4.78, 5) is 20.3. The Morgan fingerprint density at radius 1 is 0.871 bits per heavy atom. The van der Waals surface area contributed by atoms with Gasteiger partial charge in [-0.15, -0.1) is 0 Å². The molecule has 3 aromatic carbocycles. The smallest absolute Gasteiger partial charge is 0.233 e. The van der Waals surface area contributed by atoms with E-state index in [0.29, 0.717) is 13.0 Å². The van der Waals surface area contributed by atoms with Crippen molar-refractivity contribution in [1.82, 2.24) is 4.98 Å². The van der Waals surface area contributed by atoms with E-state index >= 15 is 0 Å². The first-order chi connectivity index (χ1) is 14.8. The van der Waals surface area contributed by atoms with Gasteiger partial charge in [-0.3, -0.25) is 9.69 Å². The summed E-state index contributed by atoms with van der Waals surface area (Å²) in [7, 11) is 0. The Kier molecular flexibility index (Phi) is 5.92. The van der Waals surface area contributed by atoms with Crippen LogP contribution < -0.4 is 4.90 Å². The molecule has 0 N–H and O–H groups in total. The van der Waals surface area contributed by atoms with E-state index in [1.165, 1.54) is 27.8 Å². The number of carbonyl (C=O) groups is 1. The Morgan fingerprint density at radius 3 is 2.19 bits per heavy atom. The highest BCUT2D eigenvalue weighted by atomic mass is 32.1. The number of benzene rings is 3. The molecule has 1 aromatic heterocycles. The number of thiazole rings is 1. The Labute approximate surface area is 188 Å². The summed E-state index contributed by atoms with van der Waals surface area (Å²) in [6.45, 7) is 11.0. The number of hydrogen-bond donors (Lipinski definition) is 0. The fraction of sp³-hybridized carbons (Fsp3) is 0.259. The van der Waals surface area contributed by atoms with Crippen LogP contribution in [0.2, 0.25) is 0 Å². The number of hydrogen-bond acceptors (Lipinski definition) is 3. The topological polar surface area (TPSA) is 33.2 Å². The zero-order valence-corrected chi connectivity index (χ0v) is 19.6. The maximum atomic E-state index is 13.6. The van der Waals surface area contributed by atoms with Gasteiger partial charge in [-0.05, 0) is 80.1 Å². The van der Waals surface area contributed by atoms with Crippen molar-refractivity contribution in [2.75, 3.05) is 4.90 Å². The average molecular weight is 429 g/mol. The standard InChI is InChI=1S/C27H28N2OS/c1-17-11-20(4)23(21(5)12-17)15-26(30)29(16-22-9-7-6-8-10-22)27-28-24-13-18(2)19(3)14-25(24)31-27/h6-14H,15-16H2,1-5H3. The lowest BCUT2D eigenvalue weighted by molar-refractivity contribution is -0.118. The van der Waals surface area contributed by atoms with Gasteiger partial charge < -0.3 is 0 Å². The van der Waals surface area contributed by atoms with Gasteiger partial charge >= 0.3 is 0 Å². The summed E-state index contributed by atoms with van der Waals surface area (Å²) in [5.74, 6) is 0.0754. The first kappa shape index (κ1) is 21.3. The molecule has 1 amide bonds. The molecule has 0 unspecified atom stereocenters. The van der Waals surface area contributed by atoms with E-state index in [1.54, 1.807) is 11.3 Å². The first-order valence-electron chi connectivity index (χ1n) is 10.6. The summed E-state index contributed by atoms with van der Waals surface area (Å²) < 4.78 is 1.12. The van der Waals surface area contributed by atoms with E-state index in [2.05, 4.69) is 71.0 Å². The Bertz CT molecular complexity index is 1200. The van der Waals surface area contributed by atoms with Crippen molar-refractivity contribution < 1.29 is 4.79 Å². The fourth-order valence-corrected chi connectivity index (χ4v) is 5.11. The molecule has 0 saturated carbocycles. The van der Waals surface area contributed by atoms with Crippen molar-refractivity contribution in [2.24, 2.45) is 0 Å². The molecule has 0 aliphatic heterocycles. The van der Waals surface area contributed by atoms with E-state index in [0.717, 1.165) is 26.5 Å². The number of aromatic nitrogens is 1. The third kappa shape index (κ3) is 4.54. The van der Waals surface area contributed by atoms with Gasteiger partial charge in [0, 0.05) is 0 Å². The molecule has 158 valence electrons. The lowest BCUT2D eigenvalue weighted by atomic mass is 9.97. The Balaban J connectivity index is 1.73. The summed E-state index contributed by atoms with van der Waals surface area (Å²) in [5.41, 5.74) is 9.19. The normalized spacial score (nSPS) is 11.1. The third-order valence-electron chi connectivity index (χ3n) is 5.88. The molecule has 0 bridgehead atoms. The molecule has 0 aliphatic rings. The van der Waals surface area contributed by atoms with Crippen LogP contribution in [0.4, 0.5) is 5.13 Å². The quantitative estimate of drug-likeness (QED) is 0.358. The fourth-order valence-electron chi connectivity index (χ4n) is 4.05. The van der Waals surface area contributed by atoms with Crippen molar-refractivity contribution in [1.29, 1.82) is 0 Å². The number of carbonyl (C=O) groups excluding carboxylic acids is 1. The van der Waals surface area contributed by atoms with Crippen molar-refractivity contribution in [3.63, 3.8) is 0 Å². The summed E-state index contributed by atoms with van der Waals surface area (Å²) in [6, 6.07) is 18.7. The largest absolute Gasteiger partial charge is 0.283 e. The lowest BCUT2D eigenvalue weighted by Gasteiger charge is -2.21. The predicted molar refractivity (Wildman–Crippen MR) is 131 cm³/mol.